The quantitative estimate of drug-likeness (QED) is 0.839. The van der Waals surface area contributed by atoms with Gasteiger partial charge in [-0.05, 0) is 30.3 Å². The van der Waals surface area contributed by atoms with Crippen molar-refractivity contribution in [2.45, 2.75) is 13.0 Å². The summed E-state index contributed by atoms with van der Waals surface area (Å²) in [5.74, 6) is 1.58. The Morgan fingerprint density at radius 1 is 0.950 bits per heavy atom. The summed E-state index contributed by atoms with van der Waals surface area (Å²) in [6.45, 7) is 1.46. The number of ether oxygens (including phenoxy) is 2. The summed E-state index contributed by atoms with van der Waals surface area (Å²) in [7, 11) is 3.60. The second-order valence-corrected chi connectivity index (χ2v) is 4.60. The standard InChI is InChI=1S/C17H21NO2/c1-18-13-15-8-9-16(17(12-15)19-2)20-11-10-14-6-4-3-5-7-14/h3-9,12,18H,10-11,13H2,1-2H3. The molecule has 0 aliphatic heterocycles. The van der Waals surface area contributed by atoms with Gasteiger partial charge in [-0.15, -0.1) is 0 Å². The summed E-state index contributed by atoms with van der Waals surface area (Å²) in [6.07, 6.45) is 0.891. The fourth-order valence-electron chi connectivity index (χ4n) is 2.07. The minimum Gasteiger partial charge on any atom is -0.493 e. The molecule has 0 saturated carbocycles. The van der Waals surface area contributed by atoms with Gasteiger partial charge in [0.15, 0.2) is 11.5 Å². The normalized spacial score (nSPS) is 10.3. The average molecular weight is 271 g/mol. The van der Waals surface area contributed by atoms with Crippen molar-refractivity contribution < 1.29 is 9.47 Å². The number of hydrogen-bond acceptors (Lipinski definition) is 3. The molecule has 3 heteroatoms. The van der Waals surface area contributed by atoms with Gasteiger partial charge in [-0.25, -0.2) is 0 Å². The van der Waals surface area contributed by atoms with Gasteiger partial charge in [0.25, 0.3) is 0 Å². The van der Waals surface area contributed by atoms with Crippen LogP contribution in [0.5, 0.6) is 11.5 Å². The fraction of sp³-hybridized carbons (Fsp3) is 0.294. The Kier molecular flexibility index (Phi) is 5.44. The Hall–Kier alpha value is -2.00. The van der Waals surface area contributed by atoms with Crippen molar-refractivity contribution in [3.8, 4) is 11.5 Å². The highest BCUT2D eigenvalue weighted by Gasteiger charge is 2.05. The Morgan fingerprint density at radius 3 is 2.45 bits per heavy atom. The third-order valence-corrected chi connectivity index (χ3v) is 3.10. The van der Waals surface area contributed by atoms with Crippen molar-refractivity contribution in [2.24, 2.45) is 0 Å². The molecule has 0 aromatic heterocycles. The summed E-state index contributed by atoms with van der Waals surface area (Å²) in [4.78, 5) is 0. The van der Waals surface area contributed by atoms with Crippen molar-refractivity contribution in [2.75, 3.05) is 20.8 Å². The first-order chi connectivity index (χ1) is 9.83. The van der Waals surface area contributed by atoms with Gasteiger partial charge in [-0.1, -0.05) is 36.4 Å². The highest BCUT2D eigenvalue weighted by atomic mass is 16.5. The maximum Gasteiger partial charge on any atom is 0.161 e. The third-order valence-electron chi connectivity index (χ3n) is 3.10. The zero-order valence-corrected chi connectivity index (χ0v) is 12.1. The van der Waals surface area contributed by atoms with Crippen LogP contribution in [0.3, 0.4) is 0 Å². The van der Waals surface area contributed by atoms with E-state index in [0.717, 1.165) is 24.5 Å². The fourth-order valence-corrected chi connectivity index (χ4v) is 2.07. The van der Waals surface area contributed by atoms with Gasteiger partial charge < -0.3 is 14.8 Å². The highest BCUT2D eigenvalue weighted by molar-refractivity contribution is 5.43. The van der Waals surface area contributed by atoms with Crippen LogP contribution in [-0.2, 0) is 13.0 Å². The summed E-state index contributed by atoms with van der Waals surface area (Å²) >= 11 is 0. The molecule has 0 bridgehead atoms. The Morgan fingerprint density at radius 2 is 1.75 bits per heavy atom. The summed E-state index contributed by atoms with van der Waals surface area (Å²) < 4.78 is 11.2. The first kappa shape index (κ1) is 14.4. The molecule has 3 nitrogen and oxygen atoms in total. The summed E-state index contributed by atoms with van der Waals surface area (Å²) in [5, 5.41) is 3.12. The van der Waals surface area contributed by atoms with Crippen molar-refractivity contribution >= 4 is 0 Å². The smallest absolute Gasteiger partial charge is 0.161 e. The first-order valence-electron chi connectivity index (χ1n) is 6.81. The lowest BCUT2D eigenvalue weighted by Gasteiger charge is -2.12. The molecule has 20 heavy (non-hydrogen) atoms. The van der Waals surface area contributed by atoms with Gasteiger partial charge in [0, 0.05) is 13.0 Å². The van der Waals surface area contributed by atoms with Gasteiger partial charge in [0.05, 0.1) is 13.7 Å². The predicted octanol–water partition coefficient (Wildman–Crippen LogP) is 3.04. The van der Waals surface area contributed by atoms with Gasteiger partial charge in [0.1, 0.15) is 0 Å². The average Bonchev–Trinajstić information content (AvgIpc) is 2.50. The van der Waals surface area contributed by atoms with Crippen LogP contribution in [-0.4, -0.2) is 20.8 Å². The van der Waals surface area contributed by atoms with Gasteiger partial charge >= 0.3 is 0 Å². The number of benzene rings is 2. The van der Waals surface area contributed by atoms with Gasteiger partial charge in [0.2, 0.25) is 0 Å². The predicted molar refractivity (Wildman–Crippen MR) is 81.4 cm³/mol. The third kappa shape index (κ3) is 4.00. The number of nitrogens with one attached hydrogen (secondary N) is 1. The van der Waals surface area contributed by atoms with E-state index in [0.29, 0.717) is 6.61 Å². The Bertz CT molecular complexity index is 526. The molecule has 1 N–H and O–H groups in total. The molecule has 0 saturated heterocycles. The second kappa shape index (κ2) is 7.56. The molecule has 0 heterocycles. The Labute approximate surface area is 120 Å². The summed E-state index contributed by atoms with van der Waals surface area (Å²) in [6, 6.07) is 16.4. The minimum atomic E-state index is 0.645. The molecule has 0 radical (unpaired) electrons. The van der Waals surface area contributed by atoms with Crippen LogP contribution in [0, 0.1) is 0 Å². The maximum atomic E-state index is 5.82. The van der Waals surface area contributed by atoms with Crippen molar-refractivity contribution in [3.63, 3.8) is 0 Å². The monoisotopic (exact) mass is 271 g/mol. The molecule has 0 spiro atoms. The number of methoxy groups -OCH3 is 1. The SMILES string of the molecule is CNCc1ccc(OCCc2ccccc2)c(OC)c1. The highest BCUT2D eigenvalue weighted by Crippen LogP contribution is 2.28. The zero-order chi connectivity index (χ0) is 14.2. The molecule has 0 amide bonds. The summed E-state index contributed by atoms with van der Waals surface area (Å²) in [5.41, 5.74) is 2.46. The van der Waals surface area contributed by atoms with E-state index in [1.54, 1.807) is 7.11 Å². The van der Waals surface area contributed by atoms with E-state index in [-0.39, 0.29) is 0 Å². The van der Waals surface area contributed by atoms with E-state index in [1.807, 2.05) is 37.4 Å². The van der Waals surface area contributed by atoms with E-state index in [1.165, 1.54) is 11.1 Å². The van der Waals surface area contributed by atoms with Crippen LogP contribution in [0.4, 0.5) is 0 Å². The van der Waals surface area contributed by atoms with Crippen LogP contribution in [0.25, 0.3) is 0 Å². The molecule has 106 valence electrons. The molecule has 0 fully saturated rings. The van der Waals surface area contributed by atoms with Crippen molar-refractivity contribution in [1.29, 1.82) is 0 Å². The van der Waals surface area contributed by atoms with Gasteiger partial charge in [-0.3, -0.25) is 0 Å². The maximum absolute atomic E-state index is 5.82. The number of hydrogen-bond donors (Lipinski definition) is 1. The molecular formula is C17H21NO2. The lowest BCUT2D eigenvalue weighted by molar-refractivity contribution is 0.297. The van der Waals surface area contributed by atoms with E-state index in [2.05, 4.69) is 23.5 Å². The Balaban J connectivity index is 1.95. The molecular weight excluding hydrogens is 250 g/mol. The second-order valence-electron chi connectivity index (χ2n) is 4.60. The molecule has 0 atom stereocenters. The molecule has 2 aromatic rings. The van der Waals surface area contributed by atoms with E-state index in [4.69, 9.17) is 9.47 Å². The van der Waals surface area contributed by atoms with E-state index < -0.39 is 0 Å². The van der Waals surface area contributed by atoms with E-state index >= 15 is 0 Å². The molecule has 0 aliphatic rings. The molecule has 2 aromatic carbocycles. The molecule has 0 unspecified atom stereocenters. The molecule has 2 rings (SSSR count). The van der Waals surface area contributed by atoms with Crippen LogP contribution in [0.1, 0.15) is 11.1 Å². The van der Waals surface area contributed by atoms with Crippen LogP contribution < -0.4 is 14.8 Å². The van der Waals surface area contributed by atoms with Crippen molar-refractivity contribution in [3.05, 3.63) is 59.7 Å². The lowest BCUT2D eigenvalue weighted by atomic mass is 10.1. The topological polar surface area (TPSA) is 30.5 Å². The van der Waals surface area contributed by atoms with Gasteiger partial charge in [-0.2, -0.15) is 0 Å². The molecule has 0 aliphatic carbocycles. The van der Waals surface area contributed by atoms with Crippen LogP contribution >= 0.6 is 0 Å². The van der Waals surface area contributed by atoms with E-state index in [9.17, 15) is 0 Å². The van der Waals surface area contributed by atoms with Crippen LogP contribution in [0.15, 0.2) is 48.5 Å². The van der Waals surface area contributed by atoms with Crippen molar-refractivity contribution in [1.82, 2.24) is 5.32 Å². The van der Waals surface area contributed by atoms with Crippen LogP contribution in [0.2, 0.25) is 0 Å². The zero-order valence-electron chi connectivity index (χ0n) is 12.1. The lowest BCUT2D eigenvalue weighted by Crippen LogP contribution is -2.06. The minimum absolute atomic E-state index is 0.645. The first-order valence-corrected chi connectivity index (χ1v) is 6.81. The largest absolute Gasteiger partial charge is 0.493 e. The number of rotatable bonds is 7.